The molecule has 0 atom stereocenters. The zero-order valence-corrected chi connectivity index (χ0v) is 11.2. The highest BCUT2D eigenvalue weighted by atomic mass is 15.2. The third-order valence-electron chi connectivity index (χ3n) is 3.82. The number of nitrogens with zero attached hydrogens (tertiary/aromatic N) is 2. The lowest BCUT2D eigenvalue weighted by atomic mass is 10.2. The smallest absolute Gasteiger partial charge is 0.0564 e. The van der Waals surface area contributed by atoms with Crippen LogP contribution in [0.15, 0.2) is 18.3 Å². The lowest BCUT2D eigenvalue weighted by Gasteiger charge is -2.21. The Morgan fingerprint density at radius 1 is 1.33 bits per heavy atom. The van der Waals surface area contributed by atoms with Crippen LogP contribution in [-0.2, 0) is 6.54 Å². The Kier molecular flexibility index (Phi) is 3.50. The van der Waals surface area contributed by atoms with Crippen LogP contribution in [0.25, 0.3) is 0 Å². The van der Waals surface area contributed by atoms with Gasteiger partial charge in [-0.05, 0) is 50.7 Å². The number of hydrogen-bond acceptors (Lipinski definition) is 3. The van der Waals surface area contributed by atoms with Crippen LogP contribution >= 0.6 is 0 Å². The summed E-state index contributed by atoms with van der Waals surface area (Å²) >= 11 is 0. The fourth-order valence-electron chi connectivity index (χ4n) is 2.50. The Morgan fingerprint density at radius 2 is 2.17 bits per heavy atom. The molecule has 0 bridgehead atoms. The van der Waals surface area contributed by atoms with Gasteiger partial charge in [0.2, 0.25) is 0 Å². The van der Waals surface area contributed by atoms with Gasteiger partial charge in [0.1, 0.15) is 0 Å². The second-order valence-electron chi connectivity index (χ2n) is 5.67. The Hall–Kier alpha value is -1.09. The van der Waals surface area contributed by atoms with E-state index in [1.807, 2.05) is 6.20 Å². The lowest BCUT2D eigenvalue weighted by molar-refractivity contribution is 0.241. The van der Waals surface area contributed by atoms with E-state index in [0.29, 0.717) is 0 Å². The second kappa shape index (κ2) is 5.27. The number of nitrogens with one attached hydrogen (secondary N) is 1. The van der Waals surface area contributed by atoms with Crippen molar-refractivity contribution < 1.29 is 0 Å². The summed E-state index contributed by atoms with van der Waals surface area (Å²) in [4.78, 5) is 7.17. The third kappa shape index (κ3) is 3.22. The van der Waals surface area contributed by atoms with Crippen molar-refractivity contribution in [3.63, 3.8) is 0 Å². The van der Waals surface area contributed by atoms with Crippen LogP contribution in [0, 0.1) is 5.92 Å². The van der Waals surface area contributed by atoms with Crippen LogP contribution < -0.4 is 5.32 Å². The fourth-order valence-corrected chi connectivity index (χ4v) is 2.50. The van der Waals surface area contributed by atoms with E-state index in [9.17, 15) is 0 Å². The molecule has 0 aromatic carbocycles. The molecule has 2 aliphatic rings. The molecule has 1 aromatic heterocycles. The van der Waals surface area contributed by atoms with Gasteiger partial charge in [0.25, 0.3) is 0 Å². The van der Waals surface area contributed by atoms with Crippen LogP contribution in [0.1, 0.15) is 38.3 Å². The molecule has 2 aliphatic carbocycles. The first kappa shape index (κ1) is 12.0. The molecule has 3 heteroatoms. The summed E-state index contributed by atoms with van der Waals surface area (Å²) in [5.41, 5.74) is 2.41. The predicted octanol–water partition coefficient (Wildman–Crippen LogP) is 2.89. The van der Waals surface area contributed by atoms with Crippen molar-refractivity contribution >= 4 is 5.69 Å². The van der Waals surface area contributed by atoms with Crippen LogP contribution in [0.2, 0.25) is 0 Å². The first-order chi connectivity index (χ1) is 8.85. The first-order valence-electron chi connectivity index (χ1n) is 7.28. The minimum absolute atomic E-state index is 0.843. The van der Waals surface area contributed by atoms with Gasteiger partial charge in [0, 0.05) is 37.6 Å². The van der Waals surface area contributed by atoms with Gasteiger partial charge >= 0.3 is 0 Å². The molecule has 1 heterocycles. The maximum atomic E-state index is 4.52. The van der Waals surface area contributed by atoms with Gasteiger partial charge in [-0.2, -0.15) is 0 Å². The molecule has 0 aliphatic heterocycles. The van der Waals surface area contributed by atoms with E-state index < -0.39 is 0 Å². The van der Waals surface area contributed by atoms with E-state index in [-0.39, 0.29) is 0 Å². The second-order valence-corrected chi connectivity index (χ2v) is 5.67. The molecular weight excluding hydrogens is 222 g/mol. The fraction of sp³-hybridized carbons (Fsp3) is 0.667. The Balaban J connectivity index is 1.63. The number of anilines is 1. The number of pyridine rings is 1. The number of rotatable bonds is 7. The molecule has 98 valence electrons. The summed E-state index contributed by atoms with van der Waals surface area (Å²) < 4.78 is 0. The van der Waals surface area contributed by atoms with Crippen LogP contribution in [-0.4, -0.2) is 29.0 Å². The summed E-state index contributed by atoms with van der Waals surface area (Å²) in [6, 6.07) is 5.09. The molecule has 0 spiro atoms. The highest BCUT2D eigenvalue weighted by Crippen LogP contribution is 2.35. The molecule has 0 radical (unpaired) electrons. The van der Waals surface area contributed by atoms with Crippen LogP contribution in [0.3, 0.4) is 0 Å². The van der Waals surface area contributed by atoms with Crippen molar-refractivity contribution in [2.75, 3.05) is 18.4 Å². The first-order valence-corrected chi connectivity index (χ1v) is 7.28. The van der Waals surface area contributed by atoms with E-state index >= 15 is 0 Å². The van der Waals surface area contributed by atoms with E-state index in [1.54, 1.807) is 0 Å². The predicted molar refractivity (Wildman–Crippen MR) is 74.6 cm³/mol. The quantitative estimate of drug-likeness (QED) is 0.800. The minimum Gasteiger partial charge on any atom is -0.385 e. The van der Waals surface area contributed by atoms with Crippen molar-refractivity contribution in [3.05, 3.63) is 24.0 Å². The SMILES string of the molecule is CCNc1ccnc(CN(CC2CC2)C2CC2)c1. The van der Waals surface area contributed by atoms with E-state index in [1.165, 1.54) is 43.6 Å². The zero-order chi connectivity index (χ0) is 12.4. The maximum Gasteiger partial charge on any atom is 0.0564 e. The van der Waals surface area contributed by atoms with Crippen molar-refractivity contribution in [1.82, 2.24) is 9.88 Å². The topological polar surface area (TPSA) is 28.2 Å². The molecule has 0 amide bonds. The van der Waals surface area contributed by atoms with E-state index in [2.05, 4.69) is 34.3 Å². The maximum absolute atomic E-state index is 4.52. The summed E-state index contributed by atoms with van der Waals surface area (Å²) in [6.45, 7) is 5.42. The molecule has 3 rings (SSSR count). The van der Waals surface area contributed by atoms with Gasteiger partial charge in [0.05, 0.1) is 5.69 Å². The van der Waals surface area contributed by atoms with Crippen LogP contribution in [0.5, 0.6) is 0 Å². The van der Waals surface area contributed by atoms with Crippen molar-refractivity contribution in [2.45, 2.75) is 45.2 Å². The van der Waals surface area contributed by atoms with Crippen molar-refractivity contribution in [2.24, 2.45) is 5.92 Å². The van der Waals surface area contributed by atoms with Gasteiger partial charge in [-0.1, -0.05) is 0 Å². The molecule has 2 saturated carbocycles. The van der Waals surface area contributed by atoms with Gasteiger partial charge < -0.3 is 5.32 Å². The monoisotopic (exact) mass is 245 g/mol. The summed E-state index contributed by atoms with van der Waals surface area (Å²) in [5, 5.41) is 3.36. The standard InChI is InChI=1S/C15H23N3/c1-2-16-13-7-8-17-14(9-13)11-18(15-5-6-15)10-12-3-4-12/h7-9,12,15H,2-6,10-11H2,1H3,(H,16,17). The van der Waals surface area contributed by atoms with Gasteiger partial charge in [-0.25, -0.2) is 0 Å². The van der Waals surface area contributed by atoms with Crippen molar-refractivity contribution in [3.8, 4) is 0 Å². The van der Waals surface area contributed by atoms with Gasteiger partial charge in [-0.3, -0.25) is 9.88 Å². The Morgan fingerprint density at radius 3 is 2.83 bits per heavy atom. The normalized spacial score (nSPS) is 19.2. The molecule has 0 saturated heterocycles. The molecule has 0 unspecified atom stereocenters. The van der Waals surface area contributed by atoms with Gasteiger partial charge in [0.15, 0.2) is 0 Å². The van der Waals surface area contributed by atoms with E-state index in [4.69, 9.17) is 0 Å². The molecule has 3 nitrogen and oxygen atoms in total. The summed E-state index contributed by atoms with van der Waals surface area (Å²) in [5.74, 6) is 0.975. The minimum atomic E-state index is 0.843. The largest absolute Gasteiger partial charge is 0.385 e. The number of aromatic nitrogens is 1. The van der Waals surface area contributed by atoms with Crippen LogP contribution in [0.4, 0.5) is 5.69 Å². The Bertz CT molecular complexity index is 396. The average molecular weight is 245 g/mol. The zero-order valence-electron chi connectivity index (χ0n) is 11.2. The molecule has 18 heavy (non-hydrogen) atoms. The van der Waals surface area contributed by atoms with E-state index in [0.717, 1.165) is 25.0 Å². The molecular formula is C15H23N3. The Labute approximate surface area is 110 Å². The lowest BCUT2D eigenvalue weighted by Crippen LogP contribution is -2.28. The highest BCUT2D eigenvalue weighted by molar-refractivity contribution is 5.42. The van der Waals surface area contributed by atoms with Crippen molar-refractivity contribution in [1.29, 1.82) is 0 Å². The third-order valence-corrected chi connectivity index (χ3v) is 3.82. The summed E-state index contributed by atoms with van der Waals surface area (Å²) in [7, 11) is 0. The number of hydrogen-bond donors (Lipinski definition) is 1. The highest BCUT2D eigenvalue weighted by Gasteiger charge is 2.33. The summed E-state index contributed by atoms with van der Waals surface area (Å²) in [6.07, 6.45) is 7.58. The van der Waals surface area contributed by atoms with Gasteiger partial charge in [-0.15, -0.1) is 0 Å². The average Bonchev–Trinajstić information content (AvgIpc) is 3.24. The molecule has 1 aromatic rings. The molecule has 2 fully saturated rings. The molecule has 1 N–H and O–H groups in total.